The van der Waals surface area contributed by atoms with E-state index in [9.17, 15) is 9.90 Å². The zero-order valence-corrected chi connectivity index (χ0v) is 18.0. The maximum Gasteiger partial charge on any atom is 0.231 e. The Bertz CT molecular complexity index is 885. The van der Waals surface area contributed by atoms with E-state index in [-0.39, 0.29) is 24.4 Å². The maximum atomic E-state index is 13.1. The van der Waals surface area contributed by atoms with Crippen molar-refractivity contribution in [3.05, 3.63) is 51.1 Å². The van der Waals surface area contributed by atoms with Crippen molar-refractivity contribution >= 4 is 28.5 Å². The van der Waals surface area contributed by atoms with Crippen molar-refractivity contribution in [2.75, 3.05) is 19.9 Å². The van der Waals surface area contributed by atoms with Crippen molar-refractivity contribution < 1.29 is 19.4 Å². The van der Waals surface area contributed by atoms with Crippen LogP contribution in [0.3, 0.4) is 0 Å². The summed E-state index contributed by atoms with van der Waals surface area (Å²) in [4.78, 5) is 15.1. The second-order valence-electron chi connectivity index (χ2n) is 7.66. The molecule has 0 aliphatic carbocycles. The molecule has 1 N–H and O–H groups in total. The molecule has 2 unspecified atom stereocenters. The molecule has 28 heavy (non-hydrogen) atoms. The Morgan fingerprint density at radius 3 is 2.86 bits per heavy atom. The first kappa shape index (κ1) is 19.4. The van der Waals surface area contributed by atoms with Crippen LogP contribution in [0.2, 0.25) is 0 Å². The van der Waals surface area contributed by atoms with Crippen LogP contribution in [0.15, 0.2) is 36.4 Å². The number of amides is 1. The predicted molar refractivity (Wildman–Crippen MR) is 115 cm³/mol. The minimum atomic E-state index is -0.240. The van der Waals surface area contributed by atoms with Gasteiger partial charge in [-0.3, -0.25) is 4.79 Å². The standard InChI is InChI=1S/C22H24INO4/c1-14-3-2-8-24(12-14)22(26)11-18(17-6-5-16(23)10-19(17)25)15-4-7-20-21(9-15)28-13-27-20/h4-7,9-10,14,18,25H,2-3,8,11-13H2,1H3. The summed E-state index contributed by atoms with van der Waals surface area (Å²) >= 11 is 2.18. The molecule has 0 aromatic heterocycles. The third kappa shape index (κ3) is 4.06. The highest BCUT2D eigenvalue weighted by Gasteiger charge is 2.28. The first-order valence-electron chi connectivity index (χ1n) is 9.67. The molecule has 2 aromatic carbocycles. The van der Waals surface area contributed by atoms with Gasteiger partial charge in [-0.1, -0.05) is 19.1 Å². The molecular weight excluding hydrogens is 469 g/mol. The van der Waals surface area contributed by atoms with Crippen LogP contribution in [-0.4, -0.2) is 35.8 Å². The first-order chi connectivity index (χ1) is 13.5. The van der Waals surface area contributed by atoms with Gasteiger partial charge in [-0.2, -0.15) is 0 Å². The van der Waals surface area contributed by atoms with E-state index in [1.54, 1.807) is 6.07 Å². The fourth-order valence-corrected chi connectivity index (χ4v) is 4.54. The van der Waals surface area contributed by atoms with Gasteiger partial charge in [0.25, 0.3) is 0 Å². The Balaban J connectivity index is 1.66. The van der Waals surface area contributed by atoms with Gasteiger partial charge in [0, 0.05) is 34.6 Å². The van der Waals surface area contributed by atoms with Crippen molar-refractivity contribution in [2.24, 2.45) is 5.92 Å². The summed E-state index contributed by atoms with van der Waals surface area (Å²) < 4.78 is 11.9. The molecule has 2 aromatic rings. The molecule has 2 aliphatic rings. The van der Waals surface area contributed by atoms with Gasteiger partial charge >= 0.3 is 0 Å². The van der Waals surface area contributed by atoms with Crippen LogP contribution >= 0.6 is 22.6 Å². The topological polar surface area (TPSA) is 59.0 Å². The molecule has 1 amide bonds. The largest absolute Gasteiger partial charge is 0.508 e. The Kier molecular flexibility index (Phi) is 5.66. The summed E-state index contributed by atoms with van der Waals surface area (Å²) in [6.45, 7) is 4.03. The third-order valence-corrected chi connectivity index (χ3v) is 6.23. The van der Waals surface area contributed by atoms with Gasteiger partial charge < -0.3 is 19.5 Å². The van der Waals surface area contributed by atoms with Crippen LogP contribution in [0.1, 0.15) is 43.2 Å². The molecule has 1 saturated heterocycles. The number of fused-ring (bicyclic) bond motifs is 1. The lowest BCUT2D eigenvalue weighted by Crippen LogP contribution is -2.39. The number of carbonyl (C=O) groups excluding carboxylic acids is 1. The van der Waals surface area contributed by atoms with Gasteiger partial charge in [0.05, 0.1) is 0 Å². The Labute approximate surface area is 178 Å². The average molecular weight is 493 g/mol. The van der Waals surface area contributed by atoms with Crippen molar-refractivity contribution in [2.45, 2.75) is 32.1 Å². The van der Waals surface area contributed by atoms with Crippen molar-refractivity contribution in [1.82, 2.24) is 4.90 Å². The van der Waals surface area contributed by atoms with Crippen LogP contribution in [0.25, 0.3) is 0 Å². The van der Waals surface area contributed by atoms with Gasteiger partial charge in [0.2, 0.25) is 12.7 Å². The van der Waals surface area contributed by atoms with Gasteiger partial charge in [-0.15, -0.1) is 0 Å². The molecule has 2 atom stereocenters. The number of halogens is 1. The number of hydrogen-bond acceptors (Lipinski definition) is 4. The number of phenols is 1. The van der Waals surface area contributed by atoms with E-state index >= 15 is 0 Å². The summed E-state index contributed by atoms with van der Waals surface area (Å²) in [6, 6.07) is 11.4. The monoisotopic (exact) mass is 493 g/mol. The fourth-order valence-electron chi connectivity index (χ4n) is 4.07. The van der Waals surface area contributed by atoms with E-state index in [4.69, 9.17) is 9.47 Å². The highest BCUT2D eigenvalue weighted by molar-refractivity contribution is 14.1. The molecule has 0 spiro atoms. The van der Waals surface area contributed by atoms with Crippen LogP contribution in [0.5, 0.6) is 17.2 Å². The molecule has 2 heterocycles. The smallest absolute Gasteiger partial charge is 0.231 e. The number of carbonyl (C=O) groups is 1. The minimum absolute atomic E-state index is 0.132. The molecule has 1 fully saturated rings. The zero-order chi connectivity index (χ0) is 19.7. The van der Waals surface area contributed by atoms with E-state index < -0.39 is 0 Å². The number of rotatable bonds is 4. The van der Waals surface area contributed by atoms with E-state index in [2.05, 4.69) is 29.5 Å². The SMILES string of the molecule is CC1CCCN(C(=O)CC(c2ccc3c(c2)OCO3)c2ccc(I)cc2O)C1. The summed E-state index contributed by atoms with van der Waals surface area (Å²) in [6.07, 6.45) is 2.55. The minimum Gasteiger partial charge on any atom is -0.508 e. The lowest BCUT2D eigenvalue weighted by atomic mass is 9.87. The number of hydrogen-bond donors (Lipinski definition) is 1. The van der Waals surface area contributed by atoms with Gasteiger partial charge in [-0.25, -0.2) is 0 Å². The summed E-state index contributed by atoms with van der Waals surface area (Å²) in [7, 11) is 0. The van der Waals surface area contributed by atoms with E-state index in [1.807, 2.05) is 35.2 Å². The molecule has 5 nitrogen and oxygen atoms in total. The zero-order valence-electron chi connectivity index (χ0n) is 15.9. The number of likely N-dealkylation sites (tertiary alicyclic amines) is 1. The molecule has 6 heteroatoms. The molecule has 0 radical (unpaired) electrons. The molecule has 4 rings (SSSR count). The maximum absolute atomic E-state index is 13.1. The van der Waals surface area contributed by atoms with Crippen molar-refractivity contribution in [3.63, 3.8) is 0 Å². The highest BCUT2D eigenvalue weighted by atomic mass is 127. The average Bonchev–Trinajstić information content (AvgIpc) is 3.14. The molecule has 0 saturated carbocycles. The quantitative estimate of drug-likeness (QED) is 0.638. The highest BCUT2D eigenvalue weighted by Crippen LogP contribution is 2.40. The van der Waals surface area contributed by atoms with E-state index in [1.165, 1.54) is 6.42 Å². The van der Waals surface area contributed by atoms with Crippen molar-refractivity contribution in [1.29, 1.82) is 0 Å². The number of nitrogens with zero attached hydrogens (tertiary/aromatic N) is 1. The Morgan fingerprint density at radius 2 is 2.07 bits per heavy atom. The van der Waals surface area contributed by atoms with Gasteiger partial charge in [0.1, 0.15) is 5.75 Å². The molecule has 0 bridgehead atoms. The van der Waals surface area contributed by atoms with Crippen molar-refractivity contribution in [3.8, 4) is 17.2 Å². The van der Waals surface area contributed by atoms with Crippen LogP contribution < -0.4 is 9.47 Å². The van der Waals surface area contributed by atoms with Gasteiger partial charge in [-0.05, 0) is 71.2 Å². The Morgan fingerprint density at radius 1 is 1.25 bits per heavy atom. The Hall–Kier alpha value is -1.96. The lowest BCUT2D eigenvalue weighted by Gasteiger charge is -2.32. The predicted octanol–water partition coefficient (Wildman–Crippen LogP) is 4.51. The number of piperidine rings is 1. The van der Waals surface area contributed by atoms with Gasteiger partial charge in [0.15, 0.2) is 11.5 Å². The lowest BCUT2D eigenvalue weighted by molar-refractivity contribution is -0.133. The summed E-state index contributed by atoms with van der Waals surface area (Å²) in [5.41, 5.74) is 1.71. The molecule has 2 aliphatic heterocycles. The van der Waals surface area contributed by atoms with E-state index in [0.717, 1.165) is 34.2 Å². The van der Waals surface area contributed by atoms with E-state index in [0.29, 0.717) is 23.8 Å². The second-order valence-corrected chi connectivity index (χ2v) is 8.91. The second kappa shape index (κ2) is 8.19. The third-order valence-electron chi connectivity index (χ3n) is 5.56. The number of ether oxygens (including phenoxy) is 2. The first-order valence-corrected chi connectivity index (χ1v) is 10.7. The normalized spacial score (nSPS) is 19.5. The fraction of sp³-hybridized carbons (Fsp3) is 0.409. The van der Waals surface area contributed by atoms with Crippen LogP contribution in [0.4, 0.5) is 0 Å². The van der Waals surface area contributed by atoms with Crippen LogP contribution in [-0.2, 0) is 4.79 Å². The number of phenolic OH excluding ortho intramolecular Hbond substituents is 1. The molecular formula is C22H24INO4. The number of benzene rings is 2. The molecule has 148 valence electrons. The summed E-state index contributed by atoms with van der Waals surface area (Å²) in [5, 5.41) is 10.6. The summed E-state index contributed by atoms with van der Waals surface area (Å²) in [5.74, 6) is 2.04. The number of aromatic hydroxyl groups is 1. The van der Waals surface area contributed by atoms with Crippen LogP contribution in [0, 0.1) is 9.49 Å².